The van der Waals surface area contributed by atoms with Crippen LogP contribution in [0, 0.1) is 38.2 Å². The van der Waals surface area contributed by atoms with Crippen LogP contribution >= 0.6 is 27.0 Å². The SMILES string of the molecule is S.S.[Cu].[Dy]. The van der Waals surface area contributed by atoms with E-state index in [1.807, 2.05) is 0 Å². The number of hydrogen-bond donors (Lipinski definition) is 0. The zero-order valence-electron chi connectivity index (χ0n) is 1.62. The van der Waals surface area contributed by atoms with Gasteiger partial charge in [0.2, 0.25) is 0 Å². The van der Waals surface area contributed by atoms with Gasteiger partial charge in [0, 0.05) is 55.2 Å². The van der Waals surface area contributed by atoms with E-state index in [-0.39, 0.29) is 82.2 Å². The summed E-state index contributed by atoms with van der Waals surface area (Å²) in [4.78, 5) is 0. The second-order valence-corrected chi connectivity index (χ2v) is 0. The molecule has 0 unspecified atom stereocenters. The first-order chi connectivity index (χ1) is 0. The Morgan fingerprint density at radius 3 is 0.750 bits per heavy atom. The Balaban J connectivity index is 0. The fraction of sp³-hybridized carbons (Fsp3) is 0. The first kappa shape index (κ1) is 31.5. The minimum Gasteiger partial charge on any atom is -0.197 e. The van der Waals surface area contributed by atoms with Crippen molar-refractivity contribution in [1.29, 1.82) is 0 Å². The van der Waals surface area contributed by atoms with Crippen molar-refractivity contribution in [2.45, 2.75) is 0 Å². The summed E-state index contributed by atoms with van der Waals surface area (Å²) in [6.45, 7) is 0. The van der Waals surface area contributed by atoms with E-state index in [0.717, 1.165) is 0 Å². The quantitative estimate of drug-likeness (QED) is 0.561. The van der Waals surface area contributed by atoms with Crippen LogP contribution < -0.4 is 0 Å². The molecule has 0 aromatic heterocycles. The van der Waals surface area contributed by atoms with Crippen molar-refractivity contribution in [3.8, 4) is 0 Å². The maximum Gasteiger partial charge on any atom is 0 e. The van der Waals surface area contributed by atoms with Crippen molar-refractivity contribution in [2.24, 2.45) is 0 Å². The third-order valence-electron chi connectivity index (χ3n) is 0. The minimum absolute atomic E-state index is 0. The van der Waals surface area contributed by atoms with E-state index in [9.17, 15) is 0 Å². The maximum atomic E-state index is 0. The van der Waals surface area contributed by atoms with Gasteiger partial charge in [-0.3, -0.25) is 0 Å². The van der Waals surface area contributed by atoms with E-state index >= 15 is 0 Å². The second-order valence-electron chi connectivity index (χ2n) is 0. The molecule has 0 atom stereocenters. The van der Waals surface area contributed by atoms with Gasteiger partial charge in [-0.25, -0.2) is 0 Å². The molecule has 0 aromatic rings. The van der Waals surface area contributed by atoms with Gasteiger partial charge in [-0.1, -0.05) is 0 Å². The topological polar surface area (TPSA) is 0 Å². The molecular weight excluding hydrogens is 290 g/mol. The molecule has 0 aromatic carbocycles. The fourth-order valence-corrected chi connectivity index (χ4v) is 0. The van der Waals surface area contributed by atoms with Crippen LogP contribution in [0.15, 0.2) is 0 Å². The maximum absolute atomic E-state index is 0. The smallest absolute Gasteiger partial charge is 0 e. The predicted octanol–water partition coefficient (Wildman–Crippen LogP) is 0.223. The first-order valence-electron chi connectivity index (χ1n) is 0. The normalized spacial score (nSPS) is 0. The van der Waals surface area contributed by atoms with Crippen molar-refractivity contribution < 1.29 is 55.2 Å². The molecule has 0 amide bonds. The molecular formula is H4CuDyS2. The molecule has 4 heteroatoms. The summed E-state index contributed by atoms with van der Waals surface area (Å²) in [6, 6.07) is 0. The van der Waals surface area contributed by atoms with Crippen molar-refractivity contribution in [1.82, 2.24) is 0 Å². The molecule has 0 rings (SSSR count). The van der Waals surface area contributed by atoms with E-state index in [1.54, 1.807) is 0 Å². The standard InChI is InChI=1S/Cu.Dy.2H2S/h;;2*1H2. The van der Waals surface area contributed by atoms with Gasteiger partial charge in [-0.2, -0.15) is 27.0 Å². The Hall–Kier alpha value is 2.49. The zero-order chi connectivity index (χ0) is 0. The Morgan fingerprint density at radius 1 is 0.750 bits per heavy atom. The average Bonchev–Trinajstić information content (AvgIpc) is 0. The van der Waals surface area contributed by atoms with Crippen molar-refractivity contribution in [3.63, 3.8) is 0 Å². The molecule has 0 heterocycles. The summed E-state index contributed by atoms with van der Waals surface area (Å²) >= 11 is 0. The molecule has 0 aliphatic rings. The molecule has 0 saturated carbocycles. The van der Waals surface area contributed by atoms with E-state index in [0.29, 0.717) is 0 Å². The van der Waals surface area contributed by atoms with Gasteiger partial charge in [-0.05, 0) is 0 Å². The molecule has 37 valence electrons. The Morgan fingerprint density at radius 2 is 0.750 bits per heavy atom. The van der Waals surface area contributed by atoms with Gasteiger partial charge < -0.3 is 0 Å². The van der Waals surface area contributed by atoms with Crippen LogP contribution in [0.2, 0.25) is 0 Å². The van der Waals surface area contributed by atoms with Crippen molar-refractivity contribution >= 4 is 27.0 Å². The molecule has 4 heavy (non-hydrogen) atoms. The second kappa shape index (κ2) is 17.8. The summed E-state index contributed by atoms with van der Waals surface area (Å²) in [5, 5.41) is 0. The molecule has 0 saturated heterocycles. The molecule has 0 aliphatic heterocycles. The number of rotatable bonds is 0. The molecule has 0 nitrogen and oxygen atoms in total. The average molecular weight is 294 g/mol. The van der Waals surface area contributed by atoms with Crippen LogP contribution in [-0.4, -0.2) is 0 Å². The largest absolute Gasteiger partial charge is 0.197 e. The van der Waals surface area contributed by atoms with Gasteiger partial charge in [0.15, 0.2) is 0 Å². The van der Waals surface area contributed by atoms with E-state index in [1.165, 1.54) is 0 Å². The van der Waals surface area contributed by atoms with Gasteiger partial charge >= 0.3 is 0 Å². The van der Waals surface area contributed by atoms with Gasteiger partial charge in [0.05, 0.1) is 0 Å². The fourth-order valence-electron chi connectivity index (χ4n) is 0. The monoisotopic (exact) mass is 295 g/mol. The van der Waals surface area contributed by atoms with Crippen LogP contribution in [0.4, 0.5) is 0 Å². The summed E-state index contributed by atoms with van der Waals surface area (Å²) in [5.74, 6) is 0. The minimum atomic E-state index is 0. The Kier molecular flexibility index (Phi) is 141. The zero-order valence-corrected chi connectivity index (χ0v) is 6.59. The summed E-state index contributed by atoms with van der Waals surface area (Å²) < 4.78 is 0. The summed E-state index contributed by atoms with van der Waals surface area (Å²) in [7, 11) is 0. The molecule has 1 radical (unpaired) electrons. The molecule has 0 bridgehead atoms. The van der Waals surface area contributed by atoms with Crippen LogP contribution in [0.25, 0.3) is 0 Å². The van der Waals surface area contributed by atoms with Gasteiger partial charge in [0.1, 0.15) is 0 Å². The van der Waals surface area contributed by atoms with E-state index in [2.05, 4.69) is 0 Å². The van der Waals surface area contributed by atoms with Gasteiger partial charge in [-0.15, -0.1) is 0 Å². The van der Waals surface area contributed by atoms with Gasteiger partial charge in [0.25, 0.3) is 0 Å². The van der Waals surface area contributed by atoms with Crippen LogP contribution in [0.3, 0.4) is 0 Å². The molecule has 0 aliphatic carbocycles. The third kappa shape index (κ3) is 8.82. The predicted molar refractivity (Wildman–Crippen MR) is 20.8 cm³/mol. The molecule has 0 fully saturated rings. The number of hydrogen-bond acceptors (Lipinski definition) is 0. The van der Waals surface area contributed by atoms with Crippen molar-refractivity contribution in [3.05, 3.63) is 0 Å². The van der Waals surface area contributed by atoms with Crippen LogP contribution in [-0.2, 0) is 17.1 Å². The van der Waals surface area contributed by atoms with Crippen LogP contribution in [0.5, 0.6) is 0 Å². The third-order valence-corrected chi connectivity index (χ3v) is 0. The summed E-state index contributed by atoms with van der Waals surface area (Å²) in [6.07, 6.45) is 0. The van der Waals surface area contributed by atoms with Crippen LogP contribution in [0.1, 0.15) is 0 Å². The Labute approximate surface area is 80.9 Å². The molecule has 0 N–H and O–H groups in total. The van der Waals surface area contributed by atoms with E-state index in [4.69, 9.17) is 0 Å². The van der Waals surface area contributed by atoms with E-state index < -0.39 is 0 Å². The van der Waals surface area contributed by atoms with Crippen molar-refractivity contribution in [2.75, 3.05) is 0 Å². The summed E-state index contributed by atoms with van der Waals surface area (Å²) in [5.41, 5.74) is 0. The first-order valence-corrected chi connectivity index (χ1v) is 0. The Bertz CT molecular complexity index is 6.00. The molecule has 0 spiro atoms.